The van der Waals surface area contributed by atoms with Crippen molar-refractivity contribution in [3.05, 3.63) is 29.3 Å². The number of carbonyl (C=O) groups is 1. The quantitative estimate of drug-likeness (QED) is 0.894. The van der Waals surface area contributed by atoms with E-state index in [0.717, 1.165) is 25.2 Å². The molecule has 1 amide bonds. The summed E-state index contributed by atoms with van der Waals surface area (Å²) in [5, 5.41) is 3.01. The highest BCUT2D eigenvalue weighted by Gasteiger charge is 2.23. The molecule has 0 unspecified atom stereocenters. The third-order valence-corrected chi connectivity index (χ3v) is 3.02. The number of carbonyl (C=O) groups excluding carboxylic acids is 1. The summed E-state index contributed by atoms with van der Waals surface area (Å²) in [4.78, 5) is 13.8. The van der Waals surface area contributed by atoms with Crippen molar-refractivity contribution in [2.24, 2.45) is 0 Å². The molecule has 1 aliphatic rings. The molecule has 1 N–H and O–H groups in total. The molecule has 0 spiro atoms. The molecule has 1 aromatic carbocycles. The number of hydrogen-bond acceptors (Lipinski definition) is 2. The molecular weight excluding hydrogens is 236 g/mol. The van der Waals surface area contributed by atoms with Crippen molar-refractivity contribution >= 4 is 24.0 Å². The van der Waals surface area contributed by atoms with Crippen LogP contribution in [-0.2, 0) is 11.2 Å². The summed E-state index contributed by atoms with van der Waals surface area (Å²) in [5.74, 6) is 0.219. The van der Waals surface area contributed by atoms with E-state index in [4.69, 9.17) is 0 Å². The van der Waals surface area contributed by atoms with Gasteiger partial charge in [0.25, 0.3) is 0 Å². The zero-order chi connectivity index (χ0) is 11.5. The Morgan fingerprint density at radius 2 is 2.24 bits per heavy atom. The number of halogens is 1. The minimum atomic E-state index is 0. The summed E-state index contributed by atoms with van der Waals surface area (Å²) < 4.78 is 0. The molecule has 4 heteroatoms. The zero-order valence-electron chi connectivity index (χ0n) is 10.3. The number of nitrogens with one attached hydrogen (secondary N) is 1. The number of hydrogen-bond donors (Lipinski definition) is 1. The maximum Gasteiger partial charge on any atom is 0.228 e. The van der Waals surface area contributed by atoms with Crippen LogP contribution in [0.5, 0.6) is 0 Å². The fourth-order valence-electron chi connectivity index (χ4n) is 2.16. The molecule has 3 nitrogen and oxygen atoms in total. The van der Waals surface area contributed by atoms with Crippen LogP contribution in [0.3, 0.4) is 0 Å². The number of amides is 1. The molecule has 0 saturated carbocycles. The molecular formula is C13H19ClN2O. The first-order chi connectivity index (χ1) is 7.72. The van der Waals surface area contributed by atoms with Gasteiger partial charge in [0.2, 0.25) is 5.91 Å². The Hall–Kier alpha value is -1.06. The van der Waals surface area contributed by atoms with Crippen LogP contribution in [0, 0.1) is 6.92 Å². The van der Waals surface area contributed by atoms with Gasteiger partial charge in [-0.3, -0.25) is 4.79 Å². The van der Waals surface area contributed by atoms with Gasteiger partial charge in [0.05, 0.1) is 0 Å². The average molecular weight is 255 g/mol. The van der Waals surface area contributed by atoms with Gasteiger partial charge in [-0.05, 0) is 32.0 Å². The van der Waals surface area contributed by atoms with Crippen molar-refractivity contribution in [2.45, 2.75) is 19.8 Å². The van der Waals surface area contributed by atoms with Gasteiger partial charge in [0, 0.05) is 25.2 Å². The van der Waals surface area contributed by atoms with Gasteiger partial charge in [0.15, 0.2) is 0 Å². The fraction of sp³-hybridized carbons (Fsp3) is 0.462. The van der Waals surface area contributed by atoms with Crippen LogP contribution in [0.4, 0.5) is 5.69 Å². The minimum Gasteiger partial charge on any atom is -0.319 e. The second-order valence-corrected chi connectivity index (χ2v) is 4.28. The lowest BCUT2D eigenvalue weighted by molar-refractivity contribution is -0.118. The Balaban J connectivity index is 0.00000144. The van der Waals surface area contributed by atoms with Crippen molar-refractivity contribution in [2.75, 3.05) is 25.0 Å². The van der Waals surface area contributed by atoms with E-state index in [1.165, 1.54) is 11.1 Å². The Labute approximate surface area is 109 Å². The van der Waals surface area contributed by atoms with Gasteiger partial charge in [-0.2, -0.15) is 0 Å². The lowest BCUT2D eigenvalue weighted by atomic mass is 10.1. The SMILES string of the molecule is CNCCC(=O)N1CCc2cc(C)ccc21.Cl. The van der Waals surface area contributed by atoms with E-state index in [1.54, 1.807) is 0 Å². The molecule has 1 aliphatic heterocycles. The number of nitrogens with zero attached hydrogens (tertiary/aromatic N) is 1. The summed E-state index contributed by atoms with van der Waals surface area (Å²) in [6.45, 7) is 3.67. The van der Waals surface area contributed by atoms with E-state index >= 15 is 0 Å². The highest BCUT2D eigenvalue weighted by Crippen LogP contribution is 2.28. The van der Waals surface area contributed by atoms with Crippen molar-refractivity contribution in [3.63, 3.8) is 0 Å². The van der Waals surface area contributed by atoms with Crippen molar-refractivity contribution in [1.29, 1.82) is 0 Å². The second kappa shape index (κ2) is 6.03. The van der Waals surface area contributed by atoms with Crippen LogP contribution >= 0.6 is 12.4 Å². The minimum absolute atomic E-state index is 0. The molecule has 17 heavy (non-hydrogen) atoms. The number of benzene rings is 1. The number of rotatable bonds is 3. The predicted molar refractivity (Wildman–Crippen MR) is 73.0 cm³/mol. The summed E-state index contributed by atoms with van der Waals surface area (Å²) in [5.41, 5.74) is 3.67. The Morgan fingerprint density at radius 1 is 1.47 bits per heavy atom. The fourth-order valence-corrected chi connectivity index (χ4v) is 2.16. The van der Waals surface area contributed by atoms with E-state index in [1.807, 2.05) is 11.9 Å². The van der Waals surface area contributed by atoms with E-state index in [-0.39, 0.29) is 18.3 Å². The Bertz CT molecular complexity index is 406. The molecule has 0 aliphatic carbocycles. The molecule has 0 saturated heterocycles. The van der Waals surface area contributed by atoms with E-state index in [2.05, 4.69) is 30.4 Å². The van der Waals surface area contributed by atoms with Crippen molar-refractivity contribution < 1.29 is 4.79 Å². The first-order valence-corrected chi connectivity index (χ1v) is 5.77. The molecule has 0 bridgehead atoms. The van der Waals surface area contributed by atoms with Crippen LogP contribution < -0.4 is 10.2 Å². The molecule has 0 atom stereocenters. The molecule has 0 radical (unpaired) electrons. The second-order valence-electron chi connectivity index (χ2n) is 4.28. The first kappa shape index (κ1) is 14.0. The summed E-state index contributed by atoms with van der Waals surface area (Å²) >= 11 is 0. The lowest BCUT2D eigenvalue weighted by Gasteiger charge is -2.17. The van der Waals surface area contributed by atoms with E-state index < -0.39 is 0 Å². The van der Waals surface area contributed by atoms with Gasteiger partial charge in [-0.15, -0.1) is 12.4 Å². The van der Waals surface area contributed by atoms with Gasteiger partial charge < -0.3 is 10.2 Å². The molecule has 1 heterocycles. The van der Waals surface area contributed by atoms with Gasteiger partial charge in [-0.25, -0.2) is 0 Å². The number of fused-ring (bicyclic) bond motifs is 1. The summed E-state index contributed by atoms with van der Waals surface area (Å²) in [6.07, 6.45) is 1.56. The van der Waals surface area contributed by atoms with Crippen molar-refractivity contribution in [1.82, 2.24) is 5.32 Å². The zero-order valence-corrected chi connectivity index (χ0v) is 11.1. The maximum atomic E-state index is 11.9. The van der Waals surface area contributed by atoms with Crippen LogP contribution in [-0.4, -0.2) is 26.0 Å². The third kappa shape index (κ3) is 2.99. The molecule has 0 fully saturated rings. The molecule has 94 valence electrons. The highest BCUT2D eigenvalue weighted by atomic mass is 35.5. The number of aryl methyl sites for hydroxylation is 1. The van der Waals surface area contributed by atoms with Gasteiger partial charge in [0.1, 0.15) is 0 Å². The van der Waals surface area contributed by atoms with E-state index in [0.29, 0.717) is 6.42 Å². The Kier molecular flexibility index (Phi) is 4.97. The lowest BCUT2D eigenvalue weighted by Crippen LogP contribution is -2.31. The topological polar surface area (TPSA) is 32.3 Å². The van der Waals surface area contributed by atoms with Crippen LogP contribution in [0.15, 0.2) is 18.2 Å². The smallest absolute Gasteiger partial charge is 0.228 e. The Morgan fingerprint density at radius 3 is 2.94 bits per heavy atom. The molecule has 2 rings (SSSR count). The van der Waals surface area contributed by atoms with Crippen LogP contribution in [0.25, 0.3) is 0 Å². The normalized spacial score (nSPS) is 13.2. The average Bonchev–Trinajstić information content (AvgIpc) is 2.68. The van der Waals surface area contributed by atoms with Crippen LogP contribution in [0.1, 0.15) is 17.5 Å². The number of anilines is 1. The largest absolute Gasteiger partial charge is 0.319 e. The third-order valence-electron chi connectivity index (χ3n) is 3.02. The van der Waals surface area contributed by atoms with Crippen molar-refractivity contribution in [3.8, 4) is 0 Å². The van der Waals surface area contributed by atoms with Gasteiger partial charge in [-0.1, -0.05) is 17.7 Å². The summed E-state index contributed by atoms with van der Waals surface area (Å²) in [6, 6.07) is 6.32. The van der Waals surface area contributed by atoms with Gasteiger partial charge >= 0.3 is 0 Å². The maximum absolute atomic E-state index is 11.9. The molecule has 1 aromatic rings. The standard InChI is InChI=1S/C13H18N2O.ClH/c1-10-3-4-12-11(9-10)6-8-15(12)13(16)5-7-14-2;/h3-4,9,14H,5-8H2,1-2H3;1H. The van der Waals surface area contributed by atoms with E-state index in [9.17, 15) is 4.79 Å². The summed E-state index contributed by atoms with van der Waals surface area (Å²) in [7, 11) is 1.87. The monoisotopic (exact) mass is 254 g/mol. The first-order valence-electron chi connectivity index (χ1n) is 5.77. The highest BCUT2D eigenvalue weighted by molar-refractivity contribution is 5.95. The molecule has 0 aromatic heterocycles. The predicted octanol–water partition coefficient (Wildman–Crippen LogP) is 1.92. The van der Waals surface area contributed by atoms with Crippen LogP contribution in [0.2, 0.25) is 0 Å².